The Morgan fingerprint density at radius 1 is 1.17 bits per heavy atom. The van der Waals surface area contributed by atoms with Crippen LogP contribution in [0.1, 0.15) is 17.3 Å². The number of carbonyl (C=O) groups excluding carboxylic acids is 1. The molecule has 0 aliphatic heterocycles. The lowest BCUT2D eigenvalue weighted by Gasteiger charge is -2.06. The Morgan fingerprint density at radius 3 is 2.50 bits per heavy atom. The molecule has 0 N–H and O–H groups in total. The molecule has 0 spiro atoms. The van der Waals surface area contributed by atoms with E-state index in [-0.39, 0.29) is 16.4 Å². The fraction of sp³-hybridized carbons (Fsp3) is 0.0714. The molecular weight excluding hydrogens is 258 g/mol. The second-order valence-corrected chi connectivity index (χ2v) is 4.26. The van der Waals surface area contributed by atoms with Crippen LogP contribution in [0.5, 0.6) is 0 Å². The number of Topliss-reactive ketones (excluding diaryl/α,β-unsaturated/α-hetero) is 1. The molecule has 0 saturated carbocycles. The predicted octanol–water partition coefficient (Wildman–Crippen LogP) is 4.49. The summed E-state index contributed by atoms with van der Waals surface area (Å²) >= 11 is 5.93. The normalized spacial score (nSPS) is 10.4. The third kappa shape index (κ3) is 2.27. The molecule has 2 aromatic rings. The van der Waals surface area contributed by atoms with Crippen LogP contribution < -0.4 is 0 Å². The SMILES string of the molecule is CC(=O)c1ccc(-c2cccc(F)c2F)cc1Cl. The van der Waals surface area contributed by atoms with Gasteiger partial charge in [-0.2, -0.15) is 0 Å². The molecule has 1 nitrogen and oxygen atoms in total. The van der Waals surface area contributed by atoms with E-state index in [1.54, 1.807) is 6.07 Å². The highest BCUT2D eigenvalue weighted by molar-refractivity contribution is 6.34. The van der Waals surface area contributed by atoms with Crippen LogP contribution in [-0.2, 0) is 0 Å². The van der Waals surface area contributed by atoms with Gasteiger partial charge in [0.05, 0.1) is 5.02 Å². The van der Waals surface area contributed by atoms with Crippen LogP contribution in [-0.4, -0.2) is 5.78 Å². The molecule has 92 valence electrons. The van der Waals surface area contributed by atoms with Gasteiger partial charge < -0.3 is 0 Å². The van der Waals surface area contributed by atoms with Crippen molar-refractivity contribution < 1.29 is 13.6 Å². The van der Waals surface area contributed by atoms with Gasteiger partial charge in [0.2, 0.25) is 0 Å². The van der Waals surface area contributed by atoms with Crippen LogP contribution in [0, 0.1) is 11.6 Å². The third-order valence-electron chi connectivity index (χ3n) is 2.61. The van der Waals surface area contributed by atoms with E-state index >= 15 is 0 Å². The van der Waals surface area contributed by atoms with E-state index in [0.29, 0.717) is 11.1 Å². The summed E-state index contributed by atoms with van der Waals surface area (Å²) in [5.74, 6) is -2.02. The lowest BCUT2D eigenvalue weighted by molar-refractivity contribution is 0.101. The first-order valence-corrected chi connectivity index (χ1v) is 5.63. The van der Waals surface area contributed by atoms with Crippen molar-refractivity contribution in [3.05, 3.63) is 58.6 Å². The summed E-state index contributed by atoms with van der Waals surface area (Å²) in [6, 6.07) is 8.42. The van der Waals surface area contributed by atoms with Crippen LogP contribution in [0.25, 0.3) is 11.1 Å². The molecule has 0 aliphatic carbocycles. The van der Waals surface area contributed by atoms with E-state index in [9.17, 15) is 13.6 Å². The zero-order valence-corrected chi connectivity index (χ0v) is 10.3. The van der Waals surface area contributed by atoms with Crippen molar-refractivity contribution in [2.75, 3.05) is 0 Å². The summed E-state index contributed by atoms with van der Waals surface area (Å²) in [7, 11) is 0. The molecule has 0 radical (unpaired) electrons. The minimum Gasteiger partial charge on any atom is -0.294 e. The van der Waals surface area contributed by atoms with Gasteiger partial charge in [-0.05, 0) is 30.7 Å². The maximum absolute atomic E-state index is 13.6. The zero-order chi connectivity index (χ0) is 13.3. The van der Waals surface area contributed by atoms with Gasteiger partial charge in [-0.25, -0.2) is 8.78 Å². The van der Waals surface area contributed by atoms with Crippen molar-refractivity contribution in [3.8, 4) is 11.1 Å². The number of carbonyl (C=O) groups is 1. The summed E-state index contributed by atoms with van der Waals surface area (Å²) in [5.41, 5.74) is 0.909. The number of benzene rings is 2. The average molecular weight is 267 g/mol. The van der Waals surface area contributed by atoms with Crippen LogP contribution in [0.2, 0.25) is 5.02 Å². The quantitative estimate of drug-likeness (QED) is 0.732. The van der Waals surface area contributed by atoms with E-state index in [2.05, 4.69) is 0 Å². The second kappa shape index (κ2) is 4.86. The molecule has 0 aromatic heterocycles. The van der Waals surface area contributed by atoms with Crippen molar-refractivity contribution in [1.82, 2.24) is 0 Å². The molecular formula is C14H9ClF2O. The van der Waals surface area contributed by atoms with Gasteiger partial charge in [-0.1, -0.05) is 29.8 Å². The smallest absolute Gasteiger partial charge is 0.166 e. The highest BCUT2D eigenvalue weighted by Crippen LogP contribution is 2.28. The average Bonchev–Trinajstić information content (AvgIpc) is 2.32. The van der Waals surface area contributed by atoms with E-state index in [1.807, 2.05) is 0 Å². The molecule has 18 heavy (non-hydrogen) atoms. The van der Waals surface area contributed by atoms with Gasteiger partial charge >= 0.3 is 0 Å². The van der Waals surface area contributed by atoms with E-state index in [4.69, 9.17) is 11.6 Å². The van der Waals surface area contributed by atoms with Gasteiger partial charge in [0, 0.05) is 11.1 Å². The molecule has 0 bridgehead atoms. The molecule has 0 unspecified atom stereocenters. The van der Waals surface area contributed by atoms with Crippen molar-refractivity contribution in [2.45, 2.75) is 6.92 Å². The van der Waals surface area contributed by atoms with E-state index in [0.717, 1.165) is 6.07 Å². The predicted molar refractivity (Wildman–Crippen MR) is 66.8 cm³/mol. The molecule has 4 heteroatoms. The fourth-order valence-electron chi connectivity index (χ4n) is 1.69. The van der Waals surface area contributed by atoms with Crippen molar-refractivity contribution >= 4 is 17.4 Å². The Bertz CT molecular complexity index is 623. The van der Waals surface area contributed by atoms with Crippen LogP contribution in [0.3, 0.4) is 0 Å². The molecule has 0 fully saturated rings. The number of rotatable bonds is 2. The molecule has 0 atom stereocenters. The third-order valence-corrected chi connectivity index (χ3v) is 2.92. The van der Waals surface area contributed by atoms with Gasteiger partial charge in [0.1, 0.15) is 0 Å². The number of ketones is 1. The van der Waals surface area contributed by atoms with Crippen molar-refractivity contribution in [1.29, 1.82) is 0 Å². The van der Waals surface area contributed by atoms with Gasteiger partial charge in [-0.3, -0.25) is 4.79 Å². The number of halogens is 3. The first-order chi connectivity index (χ1) is 8.50. The van der Waals surface area contributed by atoms with Crippen molar-refractivity contribution in [3.63, 3.8) is 0 Å². The molecule has 0 heterocycles. The number of hydrogen-bond donors (Lipinski definition) is 0. The summed E-state index contributed by atoms with van der Waals surface area (Å²) < 4.78 is 26.7. The van der Waals surface area contributed by atoms with Crippen molar-refractivity contribution in [2.24, 2.45) is 0 Å². The standard InChI is InChI=1S/C14H9ClF2O/c1-8(18)10-6-5-9(7-12(10)15)11-3-2-4-13(16)14(11)17/h2-7H,1H3. The first kappa shape index (κ1) is 12.7. The lowest BCUT2D eigenvalue weighted by atomic mass is 10.0. The maximum atomic E-state index is 13.6. The van der Waals surface area contributed by atoms with E-state index in [1.165, 1.54) is 31.2 Å². The Morgan fingerprint density at radius 2 is 1.89 bits per heavy atom. The number of hydrogen-bond acceptors (Lipinski definition) is 1. The monoisotopic (exact) mass is 266 g/mol. The topological polar surface area (TPSA) is 17.1 Å². The summed E-state index contributed by atoms with van der Waals surface area (Å²) in [6.07, 6.45) is 0. The molecule has 0 aliphatic rings. The highest BCUT2D eigenvalue weighted by atomic mass is 35.5. The fourth-order valence-corrected chi connectivity index (χ4v) is 2.01. The summed E-state index contributed by atoms with van der Waals surface area (Å²) in [5, 5.41) is 0.226. The second-order valence-electron chi connectivity index (χ2n) is 3.85. The minimum atomic E-state index is -0.927. The molecule has 2 rings (SSSR count). The van der Waals surface area contributed by atoms with Crippen LogP contribution in [0.4, 0.5) is 8.78 Å². The molecule has 2 aromatic carbocycles. The minimum absolute atomic E-state index is 0.118. The first-order valence-electron chi connectivity index (χ1n) is 5.25. The Hall–Kier alpha value is -1.74. The summed E-state index contributed by atoms with van der Waals surface area (Å²) in [4.78, 5) is 11.2. The molecule has 0 amide bonds. The Kier molecular flexibility index (Phi) is 3.43. The Balaban J connectivity index is 2.56. The highest BCUT2D eigenvalue weighted by Gasteiger charge is 2.12. The van der Waals surface area contributed by atoms with E-state index < -0.39 is 11.6 Å². The molecule has 0 saturated heterocycles. The van der Waals surface area contributed by atoms with Gasteiger partial charge in [0.15, 0.2) is 17.4 Å². The van der Waals surface area contributed by atoms with Gasteiger partial charge in [-0.15, -0.1) is 0 Å². The Labute approximate surface area is 108 Å². The van der Waals surface area contributed by atoms with Crippen LogP contribution >= 0.6 is 11.6 Å². The van der Waals surface area contributed by atoms with Gasteiger partial charge in [0.25, 0.3) is 0 Å². The summed E-state index contributed by atoms with van der Waals surface area (Å²) in [6.45, 7) is 1.39. The largest absolute Gasteiger partial charge is 0.294 e. The zero-order valence-electron chi connectivity index (χ0n) is 9.51. The lowest BCUT2D eigenvalue weighted by Crippen LogP contribution is -1.94. The van der Waals surface area contributed by atoms with Crippen LogP contribution in [0.15, 0.2) is 36.4 Å². The maximum Gasteiger partial charge on any atom is 0.166 e.